The van der Waals surface area contributed by atoms with Crippen molar-refractivity contribution in [3.63, 3.8) is 0 Å². The Morgan fingerprint density at radius 2 is 2.04 bits per heavy atom. The lowest BCUT2D eigenvalue weighted by molar-refractivity contribution is 0.0389. The summed E-state index contributed by atoms with van der Waals surface area (Å²) in [5.74, 6) is 1.34. The molecule has 1 saturated heterocycles. The lowest BCUT2D eigenvalue weighted by atomic mass is 10.2. The normalized spacial score (nSPS) is 16.8. The van der Waals surface area contributed by atoms with E-state index in [-0.39, 0.29) is 24.0 Å². The molecule has 2 heterocycles. The molecule has 2 rings (SSSR count). The van der Waals surface area contributed by atoms with E-state index in [4.69, 9.17) is 9.73 Å². The molecule has 2 N–H and O–H groups in total. The Morgan fingerprint density at radius 1 is 1.31 bits per heavy atom. The Hall–Kier alpha value is -0.870. The number of aliphatic imine (C=N–C) groups is 1. The quantitative estimate of drug-likeness (QED) is 0.338. The summed E-state index contributed by atoms with van der Waals surface area (Å²) >= 11 is 0. The van der Waals surface area contributed by atoms with Crippen LogP contribution < -0.4 is 10.6 Å². The van der Waals surface area contributed by atoms with Gasteiger partial charge in [0.25, 0.3) is 0 Å². The van der Waals surface area contributed by atoms with Gasteiger partial charge in [-0.2, -0.15) is 5.10 Å². The monoisotopic (exact) mass is 478 g/mol. The molecule has 0 saturated carbocycles. The van der Waals surface area contributed by atoms with E-state index < -0.39 is 0 Å². The number of hydrogen-bond donors (Lipinski definition) is 2. The molecule has 1 aromatic heterocycles. The minimum absolute atomic E-state index is 0. The third-order valence-electron chi connectivity index (χ3n) is 4.32. The van der Waals surface area contributed by atoms with Crippen LogP contribution in [0, 0.1) is 19.8 Å². The zero-order valence-electron chi connectivity index (χ0n) is 16.6. The van der Waals surface area contributed by atoms with Crippen LogP contribution in [0.15, 0.2) is 11.1 Å². The molecule has 1 aliphatic rings. The van der Waals surface area contributed by atoms with Crippen LogP contribution in [0.4, 0.5) is 0 Å². The molecule has 0 amide bonds. The van der Waals surface area contributed by atoms with Gasteiger partial charge in [0.1, 0.15) is 0 Å². The summed E-state index contributed by atoms with van der Waals surface area (Å²) in [5, 5.41) is 11.3. The predicted molar refractivity (Wildman–Crippen MR) is 118 cm³/mol. The molecule has 0 aliphatic carbocycles. The highest BCUT2D eigenvalue weighted by Gasteiger charge is 2.10. The molecular formula is C18H35IN6O. The van der Waals surface area contributed by atoms with E-state index in [1.807, 2.05) is 6.92 Å². The zero-order valence-corrected chi connectivity index (χ0v) is 19.0. The van der Waals surface area contributed by atoms with Crippen LogP contribution in [0.5, 0.6) is 0 Å². The van der Waals surface area contributed by atoms with Crippen molar-refractivity contribution in [3.8, 4) is 0 Å². The number of hydrogen-bond acceptors (Lipinski definition) is 4. The summed E-state index contributed by atoms with van der Waals surface area (Å²) in [5.41, 5.74) is 2.29. The first kappa shape index (κ1) is 23.2. The number of ether oxygens (including phenoxy) is 1. The average Bonchev–Trinajstić information content (AvgIpc) is 2.91. The maximum absolute atomic E-state index is 5.38. The molecule has 0 radical (unpaired) electrons. The maximum atomic E-state index is 5.38. The first-order valence-electron chi connectivity index (χ1n) is 9.41. The lowest BCUT2D eigenvalue weighted by Crippen LogP contribution is -2.44. The first-order valence-corrected chi connectivity index (χ1v) is 9.41. The van der Waals surface area contributed by atoms with Crippen LogP contribution in [0.25, 0.3) is 0 Å². The molecule has 1 atom stereocenters. The molecule has 8 heteroatoms. The second kappa shape index (κ2) is 12.5. The van der Waals surface area contributed by atoms with Crippen molar-refractivity contribution >= 4 is 29.9 Å². The fourth-order valence-electron chi connectivity index (χ4n) is 2.96. The smallest absolute Gasteiger partial charge is 0.191 e. The number of aryl methyl sites for hydroxylation is 2. The number of nitrogens with one attached hydrogen (secondary N) is 2. The summed E-state index contributed by atoms with van der Waals surface area (Å²) < 4.78 is 7.46. The molecule has 0 spiro atoms. The Kier molecular flexibility index (Phi) is 11.1. The minimum atomic E-state index is 0. The number of morpholine rings is 1. The van der Waals surface area contributed by atoms with E-state index in [2.05, 4.69) is 52.2 Å². The first-order chi connectivity index (χ1) is 12.1. The standard InChI is InChI=1S/C18H34N6O.HI/c1-5-19-18(20-6-7-23-8-10-25-11-9-23)21-13-15(2)14-24-17(4)12-16(3)22-24;/h12,15H,5-11,13-14H2,1-4H3,(H2,19,20,21);1H. The van der Waals surface area contributed by atoms with Gasteiger partial charge < -0.3 is 15.4 Å². The number of rotatable bonds is 8. The average molecular weight is 478 g/mol. The lowest BCUT2D eigenvalue weighted by Gasteiger charge is -2.26. The van der Waals surface area contributed by atoms with E-state index in [0.717, 1.165) is 70.7 Å². The Labute approximate surface area is 175 Å². The third-order valence-corrected chi connectivity index (χ3v) is 4.32. The summed E-state index contributed by atoms with van der Waals surface area (Å²) in [6.45, 7) is 16.7. The van der Waals surface area contributed by atoms with Crippen LogP contribution in [0.2, 0.25) is 0 Å². The van der Waals surface area contributed by atoms with Crippen molar-refractivity contribution in [3.05, 3.63) is 17.5 Å². The molecular weight excluding hydrogens is 443 g/mol. The SMILES string of the molecule is CCNC(=NCC(C)Cn1nc(C)cc1C)NCCN1CCOCC1.I. The summed E-state index contributed by atoms with van der Waals surface area (Å²) in [7, 11) is 0. The van der Waals surface area contributed by atoms with Crippen molar-refractivity contribution in [2.45, 2.75) is 34.2 Å². The van der Waals surface area contributed by atoms with Gasteiger partial charge in [-0.05, 0) is 32.8 Å². The molecule has 1 aromatic rings. The predicted octanol–water partition coefficient (Wildman–Crippen LogP) is 1.64. The van der Waals surface area contributed by atoms with Crippen LogP contribution in [-0.2, 0) is 11.3 Å². The Bertz CT molecular complexity index is 542. The Balaban J connectivity index is 0.00000338. The van der Waals surface area contributed by atoms with Crippen molar-refractivity contribution in [2.24, 2.45) is 10.9 Å². The highest BCUT2D eigenvalue weighted by molar-refractivity contribution is 14.0. The summed E-state index contributed by atoms with van der Waals surface area (Å²) in [6.07, 6.45) is 0. The van der Waals surface area contributed by atoms with Gasteiger partial charge in [-0.25, -0.2) is 0 Å². The van der Waals surface area contributed by atoms with E-state index >= 15 is 0 Å². The molecule has 0 bridgehead atoms. The molecule has 1 aliphatic heterocycles. The topological polar surface area (TPSA) is 66.7 Å². The van der Waals surface area contributed by atoms with Crippen molar-refractivity contribution in [2.75, 3.05) is 52.5 Å². The highest BCUT2D eigenvalue weighted by atomic mass is 127. The van der Waals surface area contributed by atoms with Gasteiger partial charge in [0.05, 0.1) is 18.9 Å². The number of nitrogens with zero attached hydrogens (tertiary/aromatic N) is 4. The summed E-state index contributed by atoms with van der Waals surface area (Å²) in [6, 6.07) is 2.12. The van der Waals surface area contributed by atoms with E-state index in [9.17, 15) is 0 Å². The fourth-order valence-corrected chi connectivity index (χ4v) is 2.96. The number of guanidine groups is 1. The van der Waals surface area contributed by atoms with Crippen LogP contribution in [0.3, 0.4) is 0 Å². The van der Waals surface area contributed by atoms with Crippen LogP contribution in [0.1, 0.15) is 25.2 Å². The van der Waals surface area contributed by atoms with Crippen molar-refractivity contribution in [1.82, 2.24) is 25.3 Å². The van der Waals surface area contributed by atoms with Gasteiger partial charge in [0.15, 0.2) is 5.96 Å². The van der Waals surface area contributed by atoms with Gasteiger partial charge in [-0.15, -0.1) is 24.0 Å². The third kappa shape index (κ3) is 8.22. The van der Waals surface area contributed by atoms with Gasteiger partial charge in [-0.3, -0.25) is 14.6 Å². The second-order valence-electron chi connectivity index (χ2n) is 6.81. The van der Waals surface area contributed by atoms with Crippen molar-refractivity contribution in [1.29, 1.82) is 0 Å². The van der Waals surface area contributed by atoms with E-state index in [1.54, 1.807) is 0 Å². The second-order valence-corrected chi connectivity index (χ2v) is 6.81. The fraction of sp³-hybridized carbons (Fsp3) is 0.778. The molecule has 1 unspecified atom stereocenters. The van der Waals surface area contributed by atoms with Gasteiger partial charge in [-0.1, -0.05) is 6.92 Å². The minimum Gasteiger partial charge on any atom is -0.379 e. The molecule has 1 fully saturated rings. The van der Waals surface area contributed by atoms with E-state index in [1.165, 1.54) is 5.69 Å². The van der Waals surface area contributed by atoms with Gasteiger partial charge >= 0.3 is 0 Å². The van der Waals surface area contributed by atoms with Gasteiger partial charge in [0.2, 0.25) is 0 Å². The van der Waals surface area contributed by atoms with Crippen LogP contribution in [-0.4, -0.2) is 73.1 Å². The van der Waals surface area contributed by atoms with Crippen molar-refractivity contribution < 1.29 is 4.74 Å². The molecule has 0 aromatic carbocycles. The largest absolute Gasteiger partial charge is 0.379 e. The molecule has 150 valence electrons. The molecule has 26 heavy (non-hydrogen) atoms. The zero-order chi connectivity index (χ0) is 18.1. The van der Waals surface area contributed by atoms with Gasteiger partial charge in [0, 0.05) is 51.5 Å². The highest BCUT2D eigenvalue weighted by Crippen LogP contribution is 2.06. The molecule has 7 nitrogen and oxygen atoms in total. The number of halogens is 1. The van der Waals surface area contributed by atoms with Crippen LogP contribution >= 0.6 is 24.0 Å². The Morgan fingerprint density at radius 3 is 2.65 bits per heavy atom. The number of aromatic nitrogens is 2. The maximum Gasteiger partial charge on any atom is 0.191 e. The summed E-state index contributed by atoms with van der Waals surface area (Å²) in [4.78, 5) is 7.16. The van der Waals surface area contributed by atoms with E-state index in [0.29, 0.717) is 5.92 Å².